The van der Waals surface area contributed by atoms with Crippen molar-refractivity contribution in [3.63, 3.8) is 0 Å². The molecule has 3 nitrogen and oxygen atoms in total. The Morgan fingerprint density at radius 2 is 2.33 bits per heavy atom. The second-order valence-corrected chi connectivity index (χ2v) is 2.92. The zero-order chi connectivity index (χ0) is 9.14. The van der Waals surface area contributed by atoms with E-state index in [4.69, 9.17) is 0 Å². The fourth-order valence-corrected chi connectivity index (χ4v) is 1.26. The molecule has 1 aliphatic heterocycles. The summed E-state index contributed by atoms with van der Waals surface area (Å²) in [4.78, 5) is 12.5. The molecule has 1 N–H and O–H groups in total. The van der Waals surface area contributed by atoms with Gasteiger partial charge in [0.25, 0.3) is 0 Å². The van der Waals surface area contributed by atoms with E-state index < -0.39 is 6.43 Å². The summed E-state index contributed by atoms with van der Waals surface area (Å²) in [6, 6.07) is -0.368. The number of carbonyl (C=O) groups excluding carboxylic acids is 1. The van der Waals surface area contributed by atoms with Crippen LogP contribution < -0.4 is 5.32 Å². The van der Waals surface area contributed by atoms with Crippen LogP contribution >= 0.6 is 0 Å². The highest BCUT2D eigenvalue weighted by Gasteiger charge is 2.26. The molecule has 1 heterocycles. The second-order valence-electron chi connectivity index (χ2n) is 2.92. The van der Waals surface area contributed by atoms with Crippen LogP contribution in [-0.2, 0) is 4.79 Å². The number of halogens is 2. The summed E-state index contributed by atoms with van der Waals surface area (Å²) in [7, 11) is 0. The minimum Gasteiger partial charge on any atom is -0.326 e. The summed E-state index contributed by atoms with van der Waals surface area (Å²) in [6.45, 7) is 2.30. The van der Waals surface area contributed by atoms with Crippen molar-refractivity contribution >= 4 is 5.91 Å². The molecule has 0 aromatic rings. The molecule has 0 saturated carbocycles. The molecule has 1 saturated heterocycles. The lowest BCUT2D eigenvalue weighted by molar-refractivity contribution is -0.128. The third kappa shape index (κ3) is 2.14. The first-order valence-electron chi connectivity index (χ1n) is 3.89. The van der Waals surface area contributed by atoms with Gasteiger partial charge >= 0.3 is 0 Å². The van der Waals surface area contributed by atoms with Gasteiger partial charge in [-0.3, -0.25) is 10.1 Å². The average Bonchev–Trinajstić information content (AvgIpc) is 2.33. The van der Waals surface area contributed by atoms with Gasteiger partial charge in [0.05, 0.1) is 13.2 Å². The first-order chi connectivity index (χ1) is 5.61. The molecule has 1 fully saturated rings. The van der Waals surface area contributed by atoms with Gasteiger partial charge in [0.15, 0.2) is 0 Å². The van der Waals surface area contributed by atoms with Crippen LogP contribution in [0.5, 0.6) is 0 Å². The summed E-state index contributed by atoms with van der Waals surface area (Å²) >= 11 is 0. The van der Waals surface area contributed by atoms with Crippen molar-refractivity contribution in [2.45, 2.75) is 25.8 Å². The molecule has 1 unspecified atom stereocenters. The van der Waals surface area contributed by atoms with Crippen molar-refractivity contribution in [2.24, 2.45) is 0 Å². The lowest BCUT2D eigenvalue weighted by Crippen LogP contribution is -2.36. The molecular weight excluding hydrogens is 166 g/mol. The van der Waals surface area contributed by atoms with Gasteiger partial charge in [0, 0.05) is 12.5 Å². The molecule has 1 atom stereocenters. The van der Waals surface area contributed by atoms with Crippen LogP contribution in [0.25, 0.3) is 0 Å². The summed E-state index contributed by atoms with van der Waals surface area (Å²) in [5.74, 6) is -0.0943. The van der Waals surface area contributed by atoms with Crippen LogP contribution in [0.1, 0.15) is 13.3 Å². The molecule has 1 rings (SSSR count). The molecule has 5 heteroatoms. The van der Waals surface area contributed by atoms with Gasteiger partial charge in [-0.2, -0.15) is 0 Å². The van der Waals surface area contributed by atoms with Crippen molar-refractivity contribution in [3.8, 4) is 0 Å². The smallest absolute Gasteiger partial charge is 0.240 e. The van der Waals surface area contributed by atoms with E-state index in [-0.39, 0.29) is 24.9 Å². The van der Waals surface area contributed by atoms with Crippen LogP contribution in [0, 0.1) is 0 Å². The second kappa shape index (κ2) is 3.80. The SMILES string of the molecule is CC(CC(F)F)N1CNCC1=O. The predicted octanol–water partition coefficient (Wildman–Crippen LogP) is 0.419. The van der Waals surface area contributed by atoms with E-state index in [9.17, 15) is 13.6 Å². The Balaban J connectivity index is 2.40. The minimum absolute atomic E-state index is 0.0943. The van der Waals surface area contributed by atoms with Gasteiger partial charge in [-0.1, -0.05) is 0 Å². The predicted molar refractivity (Wildman–Crippen MR) is 39.8 cm³/mol. The fourth-order valence-electron chi connectivity index (χ4n) is 1.26. The van der Waals surface area contributed by atoms with Crippen LogP contribution in [0.4, 0.5) is 8.78 Å². The number of rotatable bonds is 3. The monoisotopic (exact) mass is 178 g/mol. The molecule has 0 spiro atoms. The van der Waals surface area contributed by atoms with E-state index in [1.807, 2.05) is 0 Å². The minimum atomic E-state index is -2.34. The molecule has 0 bridgehead atoms. The van der Waals surface area contributed by atoms with E-state index in [1.165, 1.54) is 4.90 Å². The lowest BCUT2D eigenvalue weighted by atomic mass is 10.2. The Hall–Kier alpha value is -0.710. The molecule has 0 radical (unpaired) electrons. The topological polar surface area (TPSA) is 32.3 Å². The van der Waals surface area contributed by atoms with Crippen molar-refractivity contribution in [2.75, 3.05) is 13.2 Å². The molecule has 1 amide bonds. The fraction of sp³-hybridized carbons (Fsp3) is 0.857. The Labute approximate surface area is 69.7 Å². The van der Waals surface area contributed by atoms with E-state index in [1.54, 1.807) is 6.92 Å². The first kappa shape index (κ1) is 9.38. The van der Waals surface area contributed by atoms with E-state index in [2.05, 4.69) is 5.32 Å². The molecule has 12 heavy (non-hydrogen) atoms. The van der Waals surface area contributed by atoms with E-state index in [0.717, 1.165) is 0 Å². The van der Waals surface area contributed by atoms with Gasteiger partial charge in [0.2, 0.25) is 12.3 Å². The molecule has 70 valence electrons. The van der Waals surface area contributed by atoms with Gasteiger partial charge < -0.3 is 4.90 Å². The zero-order valence-corrected chi connectivity index (χ0v) is 6.89. The third-order valence-corrected chi connectivity index (χ3v) is 1.93. The number of carbonyl (C=O) groups is 1. The molecule has 1 aliphatic rings. The Kier molecular flexibility index (Phi) is 2.97. The quantitative estimate of drug-likeness (QED) is 0.679. The molecule has 0 aromatic carbocycles. The normalized spacial score (nSPS) is 20.7. The standard InChI is InChI=1S/C7H12F2N2O/c1-5(2-6(8)9)11-4-10-3-7(11)12/h5-6,10H,2-4H2,1H3. The van der Waals surface area contributed by atoms with Crippen LogP contribution in [0.3, 0.4) is 0 Å². The maximum absolute atomic E-state index is 11.9. The molecular formula is C7H12F2N2O. The Morgan fingerprint density at radius 3 is 2.75 bits per heavy atom. The van der Waals surface area contributed by atoms with Gasteiger partial charge in [-0.05, 0) is 6.92 Å². The van der Waals surface area contributed by atoms with Crippen molar-refractivity contribution in [1.29, 1.82) is 0 Å². The maximum atomic E-state index is 11.9. The Bertz CT molecular complexity index is 175. The van der Waals surface area contributed by atoms with E-state index >= 15 is 0 Å². The van der Waals surface area contributed by atoms with Gasteiger partial charge in [-0.15, -0.1) is 0 Å². The Morgan fingerprint density at radius 1 is 1.67 bits per heavy atom. The first-order valence-corrected chi connectivity index (χ1v) is 3.89. The third-order valence-electron chi connectivity index (χ3n) is 1.93. The lowest BCUT2D eigenvalue weighted by Gasteiger charge is -2.22. The van der Waals surface area contributed by atoms with Gasteiger partial charge in [-0.25, -0.2) is 8.78 Å². The number of nitrogens with one attached hydrogen (secondary N) is 1. The summed E-state index contributed by atoms with van der Waals surface area (Å²) in [5.41, 5.74) is 0. The maximum Gasteiger partial charge on any atom is 0.240 e. The van der Waals surface area contributed by atoms with E-state index in [0.29, 0.717) is 6.67 Å². The largest absolute Gasteiger partial charge is 0.326 e. The number of hydrogen-bond acceptors (Lipinski definition) is 2. The van der Waals surface area contributed by atoms with Crippen molar-refractivity contribution < 1.29 is 13.6 Å². The van der Waals surface area contributed by atoms with Crippen molar-refractivity contribution in [3.05, 3.63) is 0 Å². The van der Waals surface area contributed by atoms with Gasteiger partial charge in [0.1, 0.15) is 0 Å². The summed E-state index contributed by atoms with van der Waals surface area (Å²) in [5, 5.41) is 2.81. The summed E-state index contributed by atoms with van der Waals surface area (Å²) < 4.78 is 23.8. The number of amides is 1. The number of alkyl halides is 2. The van der Waals surface area contributed by atoms with Crippen LogP contribution in [-0.4, -0.2) is 36.5 Å². The van der Waals surface area contributed by atoms with Crippen molar-refractivity contribution in [1.82, 2.24) is 10.2 Å². The summed E-state index contributed by atoms with van der Waals surface area (Å²) in [6.07, 6.45) is -2.58. The zero-order valence-electron chi connectivity index (χ0n) is 6.89. The highest BCUT2D eigenvalue weighted by Crippen LogP contribution is 2.11. The van der Waals surface area contributed by atoms with Crippen LogP contribution in [0.2, 0.25) is 0 Å². The molecule has 0 aliphatic carbocycles. The molecule has 0 aromatic heterocycles. The highest BCUT2D eigenvalue weighted by molar-refractivity contribution is 5.80. The number of nitrogens with zero attached hydrogens (tertiary/aromatic N) is 1. The average molecular weight is 178 g/mol. The number of hydrogen-bond donors (Lipinski definition) is 1. The van der Waals surface area contributed by atoms with Crippen LogP contribution in [0.15, 0.2) is 0 Å². The highest BCUT2D eigenvalue weighted by atomic mass is 19.3.